The van der Waals surface area contributed by atoms with Crippen LogP contribution in [0.2, 0.25) is 0 Å². The number of hydrogen-bond donors (Lipinski definition) is 1. The van der Waals surface area contributed by atoms with Gasteiger partial charge in [-0.05, 0) is 39.2 Å². The normalized spacial score (nSPS) is 16.2. The van der Waals surface area contributed by atoms with Gasteiger partial charge in [0.2, 0.25) is 5.91 Å². The van der Waals surface area contributed by atoms with Crippen LogP contribution in [-0.2, 0) is 25.5 Å². The van der Waals surface area contributed by atoms with Crippen molar-refractivity contribution in [1.29, 1.82) is 0 Å². The summed E-state index contributed by atoms with van der Waals surface area (Å²) in [4.78, 5) is 38.7. The van der Waals surface area contributed by atoms with Gasteiger partial charge in [0.05, 0.1) is 13.0 Å². The van der Waals surface area contributed by atoms with Crippen LogP contribution in [0.5, 0.6) is 0 Å². The van der Waals surface area contributed by atoms with Crippen LogP contribution in [0.1, 0.15) is 39.2 Å². The predicted octanol–water partition coefficient (Wildman–Crippen LogP) is 2.53. The van der Waals surface area contributed by atoms with E-state index in [0.29, 0.717) is 32.4 Å². The molecule has 0 aliphatic carbocycles. The second-order valence-corrected chi connectivity index (χ2v) is 8.01. The molecule has 1 aromatic rings. The Labute approximate surface area is 166 Å². The fourth-order valence-corrected chi connectivity index (χ4v) is 3.22. The largest absolute Gasteiger partial charge is 0.469 e. The third kappa shape index (κ3) is 6.55. The van der Waals surface area contributed by atoms with Gasteiger partial charge in [0.1, 0.15) is 11.6 Å². The topological polar surface area (TPSA) is 84.9 Å². The highest BCUT2D eigenvalue weighted by Gasteiger charge is 2.32. The van der Waals surface area contributed by atoms with E-state index in [1.807, 2.05) is 30.3 Å². The van der Waals surface area contributed by atoms with E-state index < -0.39 is 17.7 Å². The first-order valence-corrected chi connectivity index (χ1v) is 9.59. The Bertz CT molecular complexity index is 676. The van der Waals surface area contributed by atoms with E-state index in [4.69, 9.17) is 9.47 Å². The Morgan fingerprint density at radius 3 is 2.29 bits per heavy atom. The molecule has 1 fully saturated rings. The average molecular weight is 390 g/mol. The molecule has 1 aliphatic heterocycles. The molecular formula is C21H30N2O5. The number of rotatable bonds is 5. The van der Waals surface area contributed by atoms with Crippen molar-refractivity contribution in [2.45, 2.75) is 51.7 Å². The molecule has 0 bridgehead atoms. The lowest BCUT2D eigenvalue weighted by Gasteiger charge is -2.33. The molecule has 7 heteroatoms. The van der Waals surface area contributed by atoms with E-state index in [9.17, 15) is 14.4 Å². The highest BCUT2D eigenvalue weighted by Crippen LogP contribution is 2.20. The summed E-state index contributed by atoms with van der Waals surface area (Å²) in [5.74, 6) is -0.585. The van der Waals surface area contributed by atoms with Crippen molar-refractivity contribution in [3.05, 3.63) is 35.9 Å². The van der Waals surface area contributed by atoms with Gasteiger partial charge < -0.3 is 19.7 Å². The van der Waals surface area contributed by atoms with Crippen LogP contribution in [-0.4, -0.2) is 54.7 Å². The molecule has 0 saturated carbocycles. The number of carbonyl (C=O) groups excluding carboxylic acids is 3. The van der Waals surface area contributed by atoms with Crippen molar-refractivity contribution in [2.75, 3.05) is 20.2 Å². The molecule has 1 aliphatic rings. The summed E-state index contributed by atoms with van der Waals surface area (Å²) in [7, 11) is 1.38. The van der Waals surface area contributed by atoms with Crippen LogP contribution >= 0.6 is 0 Å². The van der Waals surface area contributed by atoms with Gasteiger partial charge in [-0.15, -0.1) is 0 Å². The predicted molar refractivity (Wildman–Crippen MR) is 105 cm³/mol. The summed E-state index contributed by atoms with van der Waals surface area (Å²) < 4.78 is 10.1. The minimum atomic E-state index is -0.730. The Morgan fingerprint density at radius 1 is 1.14 bits per heavy atom. The Kier molecular flexibility index (Phi) is 7.43. The molecule has 154 valence electrons. The van der Waals surface area contributed by atoms with E-state index >= 15 is 0 Å². The maximum atomic E-state index is 13.1. The van der Waals surface area contributed by atoms with Gasteiger partial charge in [0, 0.05) is 19.5 Å². The fraction of sp³-hybridized carbons (Fsp3) is 0.571. The van der Waals surface area contributed by atoms with E-state index in [2.05, 4.69) is 5.32 Å². The molecular weight excluding hydrogens is 360 g/mol. The minimum Gasteiger partial charge on any atom is -0.469 e. The van der Waals surface area contributed by atoms with Gasteiger partial charge in [-0.1, -0.05) is 30.3 Å². The number of amides is 2. The summed E-state index contributed by atoms with van der Waals surface area (Å²) in [5, 5.41) is 2.72. The number of ether oxygens (including phenoxy) is 2. The number of hydrogen-bond acceptors (Lipinski definition) is 5. The van der Waals surface area contributed by atoms with Crippen molar-refractivity contribution < 1.29 is 23.9 Å². The van der Waals surface area contributed by atoms with Crippen LogP contribution in [0, 0.1) is 5.92 Å². The summed E-state index contributed by atoms with van der Waals surface area (Å²) in [6, 6.07) is 8.80. The molecule has 2 rings (SSSR count). The molecule has 7 nitrogen and oxygen atoms in total. The minimum absolute atomic E-state index is 0.168. The first-order valence-electron chi connectivity index (χ1n) is 9.59. The maximum absolute atomic E-state index is 13.1. The van der Waals surface area contributed by atoms with Crippen molar-refractivity contribution in [1.82, 2.24) is 10.2 Å². The van der Waals surface area contributed by atoms with E-state index in [0.717, 1.165) is 5.56 Å². The molecule has 2 amide bonds. The number of nitrogens with one attached hydrogen (secondary N) is 1. The van der Waals surface area contributed by atoms with Crippen molar-refractivity contribution >= 4 is 18.0 Å². The quantitative estimate of drug-likeness (QED) is 0.781. The molecule has 1 atom stereocenters. The number of methoxy groups -OCH3 is 1. The summed E-state index contributed by atoms with van der Waals surface area (Å²) >= 11 is 0. The van der Waals surface area contributed by atoms with Crippen molar-refractivity contribution in [3.8, 4) is 0 Å². The molecule has 1 N–H and O–H groups in total. The number of esters is 1. The number of likely N-dealkylation sites (tertiary alicyclic amines) is 1. The number of alkyl carbamates (subject to hydrolysis) is 1. The monoisotopic (exact) mass is 390 g/mol. The molecule has 28 heavy (non-hydrogen) atoms. The molecule has 1 heterocycles. The Hall–Kier alpha value is -2.57. The molecule has 0 aromatic heterocycles. The molecule has 1 aromatic carbocycles. The van der Waals surface area contributed by atoms with Gasteiger partial charge in [-0.3, -0.25) is 9.59 Å². The molecule has 1 saturated heterocycles. The van der Waals surface area contributed by atoms with Gasteiger partial charge in [0.25, 0.3) is 0 Å². The lowest BCUT2D eigenvalue weighted by Crippen LogP contribution is -2.52. The molecule has 0 radical (unpaired) electrons. The highest BCUT2D eigenvalue weighted by molar-refractivity contribution is 5.86. The van der Waals surface area contributed by atoms with Gasteiger partial charge >= 0.3 is 12.1 Å². The average Bonchev–Trinajstić information content (AvgIpc) is 2.65. The standard InChI is InChI=1S/C21H30N2O5/c1-21(2,3)28-20(26)22-17(14-15-8-6-5-7-9-15)18(24)23-12-10-16(11-13-23)19(25)27-4/h5-9,16-17H,10-14H2,1-4H3,(H,22,26). The number of piperidine rings is 1. The summed E-state index contributed by atoms with van der Waals surface area (Å²) in [6.07, 6.45) is 0.869. The maximum Gasteiger partial charge on any atom is 0.408 e. The van der Waals surface area contributed by atoms with Crippen LogP contribution in [0.3, 0.4) is 0 Å². The lowest BCUT2D eigenvalue weighted by molar-refractivity contribution is -0.149. The number of carbonyl (C=O) groups is 3. The summed E-state index contributed by atoms with van der Waals surface area (Å²) in [5.41, 5.74) is 0.296. The second-order valence-electron chi connectivity index (χ2n) is 8.01. The Morgan fingerprint density at radius 2 is 1.75 bits per heavy atom. The highest BCUT2D eigenvalue weighted by atomic mass is 16.6. The SMILES string of the molecule is COC(=O)C1CCN(C(=O)C(Cc2ccccc2)NC(=O)OC(C)(C)C)CC1. The van der Waals surface area contributed by atoms with Gasteiger partial charge in [0.15, 0.2) is 0 Å². The molecule has 0 spiro atoms. The third-order valence-corrected chi connectivity index (χ3v) is 4.61. The van der Waals surface area contributed by atoms with Crippen LogP contribution in [0.4, 0.5) is 4.79 Å². The second kappa shape index (κ2) is 9.57. The summed E-state index contributed by atoms with van der Waals surface area (Å²) in [6.45, 7) is 6.24. The zero-order valence-electron chi connectivity index (χ0n) is 17.1. The first kappa shape index (κ1) is 21.7. The molecule has 1 unspecified atom stereocenters. The van der Waals surface area contributed by atoms with Crippen molar-refractivity contribution in [3.63, 3.8) is 0 Å². The smallest absolute Gasteiger partial charge is 0.408 e. The number of nitrogens with zero attached hydrogens (tertiary/aromatic N) is 1. The van der Waals surface area contributed by atoms with E-state index in [-0.39, 0.29) is 17.8 Å². The van der Waals surface area contributed by atoms with Gasteiger partial charge in [-0.25, -0.2) is 4.79 Å². The zero-order valence-corrected chi connectivity index (χ0v) is 17.1. The Balaban J connectivity index is 2.06. The van der Waals surface area contributed by atoms with Crippen LogP contribution in [0.25, 0.3) is 0 Å². The first-order chi connectivity index (χ1) is 13.2. The number of benzene rings is 1. The zero-order chi connectivity index (χ0) is 20.7. The van der Waals surface area contributed by atoms with E-state index in [1.54, 1.807) is 25.7 Å². The third-order valence-electron chi connectivity index (χ3n) is 4.61. The van der Waals surface area contributed by atoms with E-state index in [1.165, 1.54) is 7.11 Å². The van der Waals surface area contributed by atoms with Crippen molar-refractivity contribution in [2.24, 2.45) is 5.92 Å². The van der Waals surface area contributed by atoms with Gasteiger partial charge in [-0.2, -0.15) is 0 Å². The lowest BCUT2D eigenvalue weighted by atomic mass is 9.96. The van der Waals surface area contributed by atoms with Crippen LogP contribution < -0.4 is 5.32 Å². The fourth-order valence-electron chi connectivity index (χ4n) is 3.22. The van der Waals surface area contributed by atoms with Crippen LogP contribution in [0.15, 0.2) is 30.3 Å².